The predicted molar refractivity (Wildman–Crippen MR) is 128 cm³/mol. The van der Waals surface area contributed by atoms with Crippen molar-refractivity contribution in [3.63, 3.8) is 0 Å². The first-order valence-corrected chi connectivity index (χ1v) is 12.7. The van der Waals surface area contributed by atoms with Gasteiger partial charge in [0.1, 0.15) is 18.1 Å². The second-order valence-electron chi connectivity index (χ2n) is 9.26. The number of carbonyl (C=O) groups is 1. The van der Waals surface area contributed by atoms with Crippen LogP contribution in [-0.2, 0) is 20.2 Å². The fourth-order valence-corrected chi connectivity index (χ4v) is 5.49. The number of methoxy groups -OCH3 is 1. The van der Waals surface area contributed by atoms with Gasteiger partial charge >= 0.3 is 0 Å². The summed E-state index contributed by atoms with van der Waals surface area (Å²) >= 11 is 0. The smallest absolute Gasteiger partial charge is 0.243 e. The molecule has 7 nitrogen and oxygen atoms in total. The lowest BCUT2D eigenvalue weighted by atomic mass is 9.86. The van der Waals surface area contributed by atoms with E-state index in [1.807, 2.05) is 24.3 Å². The highest BCUT2D eigenvalue weighted by Crippen LogP contribution is 2.31. The fourth-order valence-electron chi connectivity index (χ4n) is 3.96. The molecule has 1 fully saturated rings. The van der Waals surface area contributed by atoms with Crippen LogP contribution in [0.15, 0.2) is 53.4 Å². The molecule has 0 aliphatic carbocycles. The number of benzene rings is 2. The lowest BCUT2D eigenvalue weighted by Gasteiger charge is -2.31. The molecule has 1 atom stereocenters. The second-order valence-corrected chi connectivity index (χ2v) is 11.2. The Bertz CT molecular complexity index is 1050. The van der Waals surface area contributed by atoms with Crippen molar-refractivity contribution in [1.82, 2.24) is 9.62 Å². The molecule has 3 rings (SSSR count). The third-order valence-electron chi connectivity index (χ3n) is 5.81. The predicted octanol–water partition coefficient (Wildman–Crippen LogP) is 3.59. The standard InChI is InChI=1S/C25H34N2O5S/c1-25(2,3)22-9-5-6-10-23(22)32-17-15-26-24(28)19-8-7-16-27(18-19)33(29,30)21-13-11-20(31-4)12-14-21/h5-6,9-14,19H,7-8,15-18H2,1-4H3,(H,26,28). The van der Waals surface area contributed by atoms with Crippen molar-refractivity contribution < 1.29 is 22.7 Å². The fraction of sp³-hybridized carbons (Fsp3) is 0.480. The summed E-state index contributed by atoms with van der Waals surface area (Å²) in [6.45, 7) is 7.68. The summed E-state index contributed by atoms with van der Waals surface area (Å²) in [6.07, 6.45) is 1.30. The van der Waals surface area contributed by atoms with Crippen LogP contribution in [-0.4, -0.2) is 52.0 Å². The van der Waals surface area contributed by atoms with E-state index in [2.05, 4.69) is 26.1 Å². The number of rotatable bonds is 8. The Morgan fingerprint density at radius 2 is 1.82 bits per heavy atom. The number of hydrogen-bond donors (Lipinski definition) is 1. The van der Waals surface area contributed by atoms with E-state index in [-0.39, 0.29) is 28.7 Å². The van der Waals surface area contributed by atoms with E-state index in [1.165, 1.54) is 23.5 Å². The number of sulfonamides is 1. The van der Waals surface area contributed by atoms with Gasteiger partial charge in [-0.05, 0) is 54.2 Å². The highest BCUT2D eigenvalue weighted by atomic mass is 32.2. The Labute approximate surface area is 197 Å². The van der Waals surface area contributed by atoms with E-state index < -0.39 is 10.0 Å². The van der Waals surface area contributed by atoms with Crippen LogP contribution >= 0.6 is 0 Å². The molecule has 1 N–H and O–H groups in total. The van der Waals surface area contributed by atoms with Crippen molar-refractivity contribution in [2.75, 3.05) is 33.4 Å². The van der Waals surface area contributed by atoms with Crippen molar-refractivity contribution in [3.8, 4) is 11.5 Å². The van der Waals surface area contributed by atoms with Gasteiger partial charge in [0, 0.05) is 13.1 Å². The summed E-state index contributed by atoms with van der Waals surface area (Å²) < 4.78 is 38.5. The van der Waals surface area contributed by atoms with Crippen LogP contribution in [0.5, 0.6) is 11.5 Å². The normalized spacial score (nSPS) is 17.4. The largest absolute Gasteiger partial charge is 0.497 e. The van der Waals surface area contributed by atoms with Gasteiger partial charge in [-0.25, -0.2) is 8.42 Å². The Kier molecular flexibility index (Phi) is 8.02. The quantitative estimate of drug-likeness (QED) is 0.591. The van der Waals surface area contributed by atoms with Crippen LogP contribution < -0.4 is 14.8 Å². The summed E-state index contributed by atoms with van der Waals surface area (Å²) in [5, 5.41) is 2.91. The summed E-state index contributed by atoms with van der Waals surface area (Å²) in [5.74, 6) is 0.886. The summed E-state index contributed by atoms with van der Waals surface area (Å²) in [4.78, 5) is 12.9. The molecule has 1 heterocycles. The number of nitrogens with one attached hydrogen (secondary N) is 1. The molecule has 1 aliphatic heterocycles. The summed E-state index contributed by atoms with van der Waals surface area (Å²) in [7, 11) is -2.13. The number of carbonyl (C=O) groups excluding carboxylic acids is 1. The average Bonchev–Trinajstić information content (AvgIpc) is 2.81. The van der Waals surface area contributed by atoms with E-state index >= 15 is 0 Å². The van der Waals surface area contributed by atoms with Gasteiger partial charge in [0.2, 0.25) is 15.9 Å². The molecule has 0 spiro atoms. The van der Waals surface area contributed by atoms with Crippen LogP contribution in [0.3, 0.4) is 0 Å². The zero-order chi connectivity index (χ0) is 24.1. The maximum absolute atomic E-state index is 13.0. The molecule has 180 valence electrons. The van der Waals surface area contributed by atoms with Crippen LogP contribution in [0, 0.1) is 5.92 Å². The van der Waals surface area contributed by atoms with E-state index in [0.717, 1.165) is 11.3 Å². The van der Waals surface area contributed by atoms with Crippen LogP contribution in [0.2, 0.25) is 0 Å². The van der Waals surface area contributed by atoms with Crippen molar-refractivity contribution in [2.45, 2.75) is 43.9 Å². The maximum Gasteiger partial charge on any atom is 0.243 e. The third-order valence-corrected chi connectivity index (χ3v) is 7.69. The topological polar surface area (TPSA) is 84.9 Å². The first kappa shape index (κ1) is 25.1. The summed E-state index contributed by atoms with van der Waals surface area (Å²) in [5.41, 5.74) is 1.07. The second kappa shape index (κ2) is 10.6. The Morgan fingerprint density at radius 3 is 2.48 bits per heavy atom. The highest BCUT2D eigenvalue weighted by molar-refractivity contribution is 7.89. The molecule has 8 heteroatoms. The van der Waals surface area contributed by atoms with Crippen LogP contribution in [0.4, 0.5) is 0 Å². The lowest BCUT2D eigenvalue weighted by molar-refractivity contribution is -0.126. The Morgan fingerprint density at radius 1 is 1.12 bits per heavy atom. The van der Waals surface area contributed by atoms with Gasteiger partial charge < -0.3 is 14.8 Å². The first-order valence-electron chi connectivity index (χ1n) is 11.3. The van der Waals surface area contributed by atoms with Crippen molar-refractivity contribution in [1.29, 1.82) is 0 Å². The van der Waals surface area contributed by atoms with Gasteiger partial charge in [-0.3, -0.25) is 4.79 Å². The molecule has 2 aromatic rings. The van der Waals surface area contributed by atoms with Gasteiger partial charge in [-0.1, -0.05) is 39.0 Å². The molecule has 0 bridgehead atoms. The number of nitrogens with zero attached hydrogens (tertiary/aromatic N) is 1. The molecule has 33 heavy (non-hydrogen) atoms. The minimum atomic E-state index is -3.66. The Balaban J connectivity index is 1.54. The number of amides is 1. The monoisotopic (exact) mass is 474 g/mol. The van der Waals surface area contributed by atoms with E-state index in [4.69, 9.17) is 9.47 Å². The zero-order valence-electron chi connectivity index (χ0n) is 19.8. The molecule has 0 aromatic heterocycles. The van der Waals surface area contributed by atoms with Crippen molar-refractivity contribution >= 4 is 15.9 Å². The van der Waals surface area contributed by atoms with Gasteiger partial charge in [-0.2, -0.15) is 4.31 Å². The Hall–Kier alpha value is -2.58. The number of para-hydroxylation sites is 1. The average molecular weight is 475 g/mol. The molecule has 0 radical (unpaired) electrons. The minimum Gasteiger partial charge on any atom is -0.497 e. The molecule has 1 aliphatic rings. The molecular formula is C25H34N2O5S. The van der Waals surface area contributed by atoms with Crippen LogP contribution in [0.1, 0.15) is 39.2 Å². The first-order chi connectivity index (χ1) is 15.6. The third kappa shape index (κ3) is 6.26. The molecule has 1 saturated heterocycles. The summed E-state index contributed by atoms with van der Waals surface area (Å²) in [6, 6.07) is 14.2. The van der Waals surface area contributed by atoms with Gasteiger partial charge in [0.25, 0.3) is 0 Å². The number of hydrogen-bond acceptors (Lipinski definition) is 5. The van der Waals surface area contributed by atoms with Gasteiger partial charge in [-0.15, -0.1) is 0 Å². The SMILES string of the molecule is COc1ccc(S(=O)(=O)N2CCCC(C(=O)NCCOc3ccccc3C(C)(C)C)C2)cc1. The minimum absolute atomic E-state index is 0.0409. The molecule has 1 unspecified atom stereocenters. The van der Waals surface area contributed by atoms with Gasteiger partial charge in [0.05, 0.1) is 24.5 Å². The van der Waals surface area contributed by atoms with E-state index in [1.54, 1.807) is 12.1 Å². The number of ether oxygens (including phenoxy) is 2. The van der Waals surface area contributed by atoms with Crippen molar-refractivity contribution in [2.24, 2.45) is 5.92 Å². The number of piperidine rings is 1. The highest BCUT2D eigenvalue weighted by Gasteiger charge is 2.33. The zero-order valence-corrected chi connectivity index (χ0v) is 20.7. The molecule has 0 saturated carbocycles. The lowest BCUT2D eigenvalue weighted by Crippen LogP contribution is -2.46. The molecular weight excluding hydrogens is 440 g/mol. The van der Waals surface area contributed by atoms with Crippen molar-refractivity contribution in [3.05, 3.63) is 54.1 Å². The molecule has 1 amide bonds. The van der Waals surface area contributed by atoms with E-state index in [9.17, 15) is 13.2 Å². The van der Waals surface area contributed by atoms with Crippen LogP contribution in [0.25, 0.3) is 0 Å². The van der Waals surface area contributed by atoms with E-state index in [0.29, 0.717) is 38.3 Å². The molecule has 2 aromatic carbocycles. The van der Waals surface area contributed by atoms with Gasteiger partial charge in [0.15, 0.2) is 0 Å². The maximum atomic E-state index is 13.0.